The van der Waals surface area contributed by atoms with Gasteiger partial charge in [0.05, 0.1) is 15.7 Å². The maximum Gasteiger partial charge on any atom is 0.153 e. The molecule has 0 aromatic carbocycles. The summed E-state index contributed by atoms with van der Waals surface area (Å²) >= 11 is 1.45. The molecule has 7 heteroatoms. The fourth-order valence-corrected chi connectivity index (χ4v) is 3.36. The molecule has 1 atom stereocenters. The third-order valence-corrected chi connectivity index (χ3v) is 5.22. The van der Waals surface area contributed by atoms with Gasteiger partial charge < -0.3 is 11.1 Å². The largest absolute Gasteiger partial charge is 0.403 e. The molecule has 1 aliphatic carbocycles. The lowest BCUT2D eigenvalue weighted by molar-refractivity contribution is 0.967. The summed E-state index contributed by atoms with van der Waals surface area (Å²) in [7, 11) is 0. The highest BCUT2D eigenvalue weighted by atomic mass is 32.2. The Morgan fingerprint density at radius 2 is 2.40 bits per heavy atom. The average molecular weight is 350 g/mol. The van der Waals surface area contributed by atoms with Crippen molar-refractivity contribution >= 4 is 23.4 Å². The van der Waals surface area contributed by atoms with Gasteiger partial charge in [-0.2, -0.15) is 10.4 Å². The van der Waals surface area contributed by atoms with Crippen LogP contribution in [0.1, 0.15) is 30.9 Å². The van der Waals surface area contributed by atoms with Crippen LogP contribution in [0.2, 0.25) is 0 Å². The second-order valence-corrected chi connectivity index (χ2v) is 7.05. The lowest BCUT2D eigenvalue weighted by Crippen LogP contribution is -2.17. The van der Waals surface area contributed by atoms with Crippen LogP contribution in [0.3, 0.4) is 0 Å². The van der Waals surface area contributed by atoms with Gasteiger partial charge in [-0.1, -0.05) is 18.6 Å². The third kappa shape index (κ3) is 3.96. The Hall–Kier alpha value is -2.90. The van der Waals surface area contributed by atoms with Crippen LogP contribution in [0.25, 0.3) is 0 Å². The summed E-state index contributed by atoms with van der Waals surface area (Å²) in [5.41, 5.74) is 7.79. The van der Waals surface area contributed by atoms with Gasteiger partial charge in [-0.25, -0.2) is 4.99 Å². The van der Waals surface area contributed by atoms with Crippen molar-refractivity contribution < 1.29 is 0 Å². The number of anilines is 1. The first-order valence-electron chi connectivity index (χ1n) is 7.90. The molecule has 0 spiro atoms. The minimum atomic E-state index is 0.0180. The van der Waals surface area contributed by atoms with Crippen molar-refractivity contribution in [3.63, 3.8) is 0 Å². The van der Waals surface area contributed by atoms with Crippen LogP contribution in [0.5, 0.6) is 0 Å². The van der Waals surface area contributed by atoms with Gasteiger partial charge in [0.15, 0.2) is 5.82 Å². The molecule has 0 bridgehead atoms. The van der Waals surface area contributed by atoms with Gasteiger partial charge in [-0.15, -0.1) is 18.2 Å². The SMILES string of the molecule is C#CC(=C/N)/C(=N\C(=C)C1CC=C(C#N)S1)Nc1cc(C2CC2)[nH]n1. The molecule has 126 valence electrons. The van der Waals surface area contributed by atoms with Crippen LogP contribution < -0.4 is 11.1 Å². The second kappa shape index (κ2) is 7.33. The minimum Gasteiger partial charge on any atom is -0.403 e. The number of amidine groups is 1. The fraction of sp³-hybridized carbons (Fsp3) is 0.278. The smallest absolute Gasteiger partial charge is 0.153 e. The lowest BCUT2D eigenvalue weighted by Gasteiger charge is -2.12. The summed E-state index contributed by atoms with van der Waals surface area (Å²) in [6.07, 6.45) is 11.8. The summed E-state index contributed by atoms with van der Waals surface area (Å²) in [6.45, 7) is 4.03. The van der Waals surface area contributed by atoms with E-state index in [9.17, 15) is 0 Å². The first-order chi connectivity index (χ1) is 12.1. The van der Waals surface area contributed by atoms with Crippen molar-refractivity contribution in [1.82, 2.24) is 10.2 Å². The molecule has 1 fully saturated rings. The minimum absolute atomic E-state index is 0.0180. The molecule has 1 saturated carbocycles. The Morgan fingerprint density at radius 3 is 3.00 bits per heavy atom. The number of nitrogens with two attached hydrogens (primary N) is 1. The van der Waals surface area contributed by atoms with Crippen LogP contribution in [-0.4, -0.2) is 21.3 Å². The van der Waals surface area contributed by atoms with Gasteiger partial charge in [0, 0.05) is 29.6 Å². The number of nitriles is 1. The standard InChI is InChI=1S/C18H18N6S/c1-3-12(9-19)18(21-11(2)16-7-6-14(10-20)25-16)22-17-8-15(23-24-17)13-4-5-13/h1,6,8-9,13,16H,2,4-5,7,19H2,(H2,21,22,23,24)/b12-9-. The second-order valence-electron chi connectivity index (χ2n) is 5.81. The third-order valence-electron chi connectivity index (χ3n) is 3.96. The number of allylic oxidation sites excluding steroid dienone is 2. The van der Waals surface area contributed by atoms with Gasteiger partial charge in [0.25, 0.3) is 0 Å². The number of rotatable bonds is 5. The normalized spacial score (nSPS) is 20.6. The molecule has 0 radical (unpaired) electrons. The Kier molecular flexibility index (Phi) is 4.97. The van der Waals surface area contributed by atoms with Crippen LogP contribution >= 0.6 is 11.8 Å². The van der Waals surface area contributed by atoms with E-state index in [0.717, 1.165) is 12.1 Å². The van der Waals surface area contributed by atoms with Crippen molar-refractivity contribution in [1.29, 1.82) is 5.26 Å². The number of hydrogen-bond acceptors (Lipinski definition) is 5. The number of nitrogens with zero attached hydrogens (tertiary/aromatic N) is 3. The Labute approximate surface area is 151 Å². The van der Waals surface area contributed by atoms with Crippen molar-refractivity contribution in [3.8, 4) is 18.4 Å². The highest BCUT2D eigenvalue weighted by molar-refractivity contribution is 8.04. The van der Waals surface area contributed by atoms with E-state index in [1.54, 1.807) is 0 Å². The van der Waals surface area contributed by atoms with Gasteiger partial charge in [0.2, 0.25) is 0 Å². The predicted molar refractivity (Wildman–Crippen MR) is 102 cm³/mol. The van der Waals surface area contributed by atoms with Crippen molar-refractivity contribution in [2.45, 2.75) is 30.4 Å². The van der Waals surface area contributed by atoms with E-state index in [0.29, 0.717) is 33.7 Å². The number of aromatic amines is 1. The lowest BCUT2D eigenvalue weighted by atomic mass is 10.2. The topological polar surface area (TPSA) is 103 Å². The first-order valence-corrected chi connectivity index (χ1v) is 8.78. The first kappa shape index (κ1) is 16.9. The number of hydrogen-bond donors (Lipinski definition) is 3. The number of terminal acetylenes is 1. The van der Waals surface area contributed by atoms with Crippen molar-refractivity contribution in [2.24, 2.45) is 10.7 Å². The van der Waals surface area contributed by atoms with E-state index < -0.39 is 0 Å². The highest BCUT2D eigenvalue weighted by Gasteiger charge is 2.26. The monoisotopic (exact) mass is 350 g/mol. The number of nitrogens with one attached hydrogen (secondary N) is 2. The summed E-state index contributed by atoms with van der Waals surface area (Å²) in [4.78, 5) is 5.22. The summed E-state index contributed by atoms with van der Waals surface area (Å²) in [6, 6.07) is 4.11. The fourth-order valence-electron chi connectivity index (χ4n) is 2.43. The summed E-state index contributed by atoms with van der Waals surface area (Å²) in [5, 5.41) is 19.4. The molecule has 1 aromatic rings. The molecule has 3 rings (SSSR count). The Morgan fingerprint density at radius 1 is 1.60 bits per heavy atom. The molecule has 1 unspecified atom stereocenters. The van der Waals surface area contributed by atoms with Gasteiger partial charge in [-0.3, -0.25) is 5.10 Å². The van der Waals surface area contributed by atoms with Gasteiger partial charge in [0.1, 0.15) is 11.9 Å². The molecule has 6 nitrogen and oxygen atoms in total. The molecule has 0 amide bonds. The van der Waals surface area contributed by atoms with E-state index in [2.05, 4.69) is 39.1 Å². The molecule has 1 aliphatic heterocycles. The number of H-pyrrole nitrogens is 1. The van der Waals surface area contributed by atoms with Gasteiger partial charge >= 0.3 is 0 Å². The number of aromatic nitrogens is 2. The van der Waals surface area contributed by atoms with Crippen LogP contribution in [0.4, 0.5) is 5.82 Å². The van der Waals surface area contributed by atoms with Crippen molar-refractivity contribution in [3.05, 3.63) is 46.8 Å². The molecular weight excluding hydrogens is 332 g/mol. The number of aliphatic imine (C=N–C) groups is 1. The van der Waals surface area contributed by atoms with E-state index in [1.165, 1.54) is 30.8 Å². The van der Waals surface area contributed by atoms with E-state index >= 15 is 0 Å². The molecule has 2 aliphatic rings. The van der Waals surface area contributed by atoms with E-state index in [-0.39, 0.29) is 5.25 Å². The zero-order valence-electron chi connectivity index (χ0n) is 13.6. The van der Waals surface area contributed by atoms with Crippen LogP contribution in [0.15, 0.2) is 46.1 Å². The van der Waals surface area contributed by atoms with Gasteiger partial charge in [-0.05, 0) is 19.3 Å². The summed E-state index contributed by atoms with van der Waals surface area (Å²) < 4.78 is 0. The zero-order valence-corrected chi connectivity index (χ0v) is 14.4. The van der Waals surface area contributed by atoms with Crippen LogP contribution in [0, 0.1) is 23.7 Å². The summed E-state index contributed by atoms with van der Waals surface area (Å²) in [5.74, 6) is 4.15. The van der Waals surface area contributed by atoms with E-state index in [4.69, 9.17) is 17.4 Å². The highest BCUT2D eigenvalue weighted by Crippen LogP contribution is 2.39. The zero-order chi connectivity index (χ0) is 17.8. The maximum atomic E-state index is 8.98. The molecule has 0 saturated heterocycles. The Bertz CT molecular complexity index is 857. The molecule has 25 heavy (non-hydrogen) atoms. The molecule has 1 aromatic heterocycles. The maximum absolute atomic E-state index is 8.98. The molecule has 4 N–H and O–H groups in total. The predicted octanol–water partition coefficient (Wildman–Crippen LogP) is 3.00. The van der Waals surface area contributed by atoms with Crippen molar-refractivity contribution in [2.75, 3.05) is 5.32 Å². The Balaban J connectivity index is 1.78. The molecular formula is C18H18N6S. The van der Waals surface area contributed by atoms with E-state index in [1.807, 2.05) is 12.1 Å². The van der Waals surface area contributed by atoms with Crippen LogP contribution in [-0.2, 0) is 0 Å². The quantitative estimate of drug-likeness (QED) is 0.430. The molecule has 2 heterocycles. The number of thioether (sulfide) groups is 1. The average Bonchev–Trinajstić information content (AvgIpc) is 3.17.